The van der Waals surface area contributed by atoms with Crippen LogP contribution in [-0.2, 0) is 10.0 Å². The van der Waals surface area contributed by atoms with Crippen molar-refractivity contribution in [3.8, 4) is 23.6 Å². The van der Waals surface area contributed by atoms with E-state index in [-0.39, 0.29) is 5.82 Å². The Morgan fingerprint density at radius 3 is 2.62 bits per heavy atom. The summed E-state index contributed by atoms with van der Waals surface area (Å²) >= 11 is 0. The number of sulfonamides is 1. The van der Waals surface area contributed by atoms with Crippen molar-refractivity contribution < 1.29 is 8.42 Å². The third kappa shape index (κ3) is 4.09. The zero-order valence-electron chi connectivity index (χ0n) is 14.6. The van der Waals surface area contributed by atoms with E-state index >= 15 is 0 Å². The molecular weight excluding hydrogens is 348 g/mol. The van der Waals surface area contributed by atoms with Crippen molar-refractivity contribution >= 4 is 10.0 Å². The molecule has 7 heteroatoms. The Hall–Kier alpha value is -2.30. The van der Waals surface area contributed by atoms with Crippen LogP contribution in [0.3, 0.4) is 0 Å². The number of nitrogens with zero attached hydrogens (tertiary/aromatic N) is 4. The van der Waals surface area contributed by atoms with Gasteiger partial charge in [0, 0.05) is 25.1 Å². The minimum absolute atomic E-state index is 0.246. The molecule has 0 saturated carbocycles. The van der Waals surface area contributed by atoms with Crippen LogP contribution >= 0.6 is 0 Å². The average Bonchev–Trinajstić information content (AvgIpc) is 3.22. The van der Waals surface area contributed by atoms with E-state index in [0.717, 1.165) is 18.4 Å². The number of hydrogen-bond donors (Lipinski definition) is 0. The number of benzene rings is 1. The molecule has 0 bridgehead atoms. The van der Waals surface area contributed by atoms with Crippen molar-refractivity contribution in [1.82, 2.24) is 19.5 Å². The predicted octanol–water partition coefficient (Wildman–Crippen LogP) is 2.81. The van der Waals surface area contributed by atoms with Gasteiger partial charge in [-0.05, 0) is 25.7 Å². The summed E-state index contributed by atoms with van der Waals surface area (Å²) in [4.78, 5) is 4.53. The average molecular weight is 370 g/mol. The molecule has 1 fully saturated rings. The van der Waals surface area contributed by atoms with Gasteiger partial charge in [-0.3, -0.25) is 0 Å². The highest BCUT2D eigenvalue weighted by Gasteiger charge is 2.36. The van der Waals surface area contributed by atoms with E-state index < -0.39 is 15.3 Å². The molecule has 1 atom stereocenters. The Labute approximate surface area is 154 Å². The zero-order valence-corrected chi connectivity index (χ0v) is 15.4. The molecule has 0 radical (unpaired) electrons. The Balaban J connectivity index is 1.95. The quantitative estimate of drug-likeness (QED) is 0.553. The van der Waals surface area contributed by atoms with Crippen molar-refractivity contribution in [2.75, 3.05) is 13.1 Å². The van der Waals surface area contributed by atoms with Crippen LogP contribution in [0.15, 0.2) is 36.5 Å². The molecule has 136 valence electrons. The molecule has 2 heterocycles. The molecule has 0 N–H and O–H groups in total. The lowest BCUT2D eigenvalue weighted by molar-refractivity contribution is 0.457. The topological polar surface area (TPSA) is 76.0 Å². The summed E-state index contributed by atoms with van der Waals surface area (Å²) in [5.74, 6) is 2.81. The maximum atomic E-state index is 13.1. The highest BCUT2D eigenvalue weighted by atomic mass is 32.2. The van der Waals surface area contributed by atoms with E-state index in [2.05, 4.69) is 21.1 Å². The lowest BCUT2D eigenvalue weighted by atomic mass is 10.1. The number of aromatic nitrogens is 3. The largest absolute Gasteiger partial charge is 0.228 e. The van der Waals surface area contributed by atoms with Crippen LogP contribution in [0.2, 0.25) is 0 Å². The van der Waals surface area contributed by atoms with Crippen LogP contribution in [0.25, 0.3) is 11.3 Å². The second-order valence-corrected chi connectivity index (χ2v) is 8.42. The van der Waals surface area contributed by atoms with E-state index in [9.17, 15) is 8.42 Å². The summed E-state index contributed by atoms with van der Waals surface area (Å²) in [6, 6.07) is 9.55. The van der Waals surface area contributed by atoms with Crippen LogP contribution in [0.4, 0.5) is 0 Å². The van der Waals surface area contributed by atoms with E-state index in [0.29, 0.717) is 38.0 Å². The molecule has 0 amide bonds. The first-order chi connectivity index (χ1) is 12.6. The van der Waals surface area contributed by atoms with Gasteiger partial charge in [0.2, 0.25) is 10.0 Å². The molecule has 1 aliphatic heterocycles. The highest BCUT2D eigenvalue weighted by molar-refractivity contribution is 7.89. The Morgan fingerprint density at radius 1 is 1.19 bits per heavy atom. The van der Waals surface area contributed by atoms with Gasteiger partial charge in [-0.15, -0.1) is 17.4 Å². The Bertz CT molecular complexity index is 872. The third-order valence-electron chi connectivity index (χ3n) is 4.50. The normalized spacial score (nSPS) is 16.3. The molecule has 0 aliphatic carbocycles. The fraction of sp³-hybridized carbons (Fsp3) is 0.421. The van der Waals surface area contributed by atoms with Gasteiger partial charge < -0.3 is 0 Å². The number of hydrogen-bond acceptors (Lipinski definition) is 5. The van der Waals surface area contributed by atoms with Crippen LogP contribution in [-0.4, -0.2) is 41.0 Å². The highest BCUT2D eigenvalue weighted by Crippen LogP contribution is 2.31. The molecule has 1 saturated heterocycles. The van der Waals surface area contributed by atoms with Crippen molar-refractivity contribution in [2.24, 2.45) is 0 Å². The molecule has 6 nitrogen and oxygen atoms in total. The summed E-state index contributed by atoms with van der Waals surface area (Å²) in [6.45, 7) is 1.11. The SMILES string of the molecule is C#CCCCC(c1nncc(-c2ccccc2)n1)S(=O)(=O)N1CCCC1. The number of unbranched alkanes of at least 4 members (excludes halogenated alkanes) is 1. The molecule has 26 heavy (non-hydrogen) atoms. The fourth-order valence-corrected chi connectivity index (χ4v) is 5.08. The molecule has 3 rings (SSSR count). The first-order valence-corrected chi connectivity index (χ1v) is 10.3. The maximum Gasteiger partial charge on any atom is 0.224 e. The van der Waals surface area contributed by atoms with Gasteiger partial charge in [0.15, 0.2) is 5.82 Å². The van der Waals surface area contributed by atoms with Crippen molar-refractivity contribution in [1.29, 1.82) is 0 Å². The predicted molar refractivity (Wildman–Crippen MR) is 100 cm³/mol. The van der Waals surface area contributed by atoms with Gasteiger partial charge >= 0.3 is 0 Å². The molecular formula is C19H22N4O2S. The molecule has 1 aromatic heterocycles. The monoisotopic (exact) mass is 370 g/mol. The maximum absolute atomic E-state index is 13.1. The standard InChI is InChI=1S/C19H22N4O2S/c1-2-3-5-12-18(26(24,25)23-13-8-9-14-23)19-21-17(15-20-22-19)16-10-6-4-7-11-16/h1,4,6-7,10-11,15,18H,3,5,8-9,12-14H2. The van der Waals surface area contributed by atoms with E-state index in [4.69, 9.17) is 6.42 Å². The number of terminal acetylenes is 1. The Morgan fingerprint density at radius 2 is 1.92 bits per heavy atom. The van der Waals surface area contributed by atoms with Crippen molar-refractivity contribution in [2.45, 2.75) is 37.4 Å². The Kier molecular flexibility index (Phi) is 5.96. The molecule has 1 aromatic carbocycles. The van der Waals surface area contributed by atoms with E-state index in [1.54, 1.807) is 10.5 Å². The summed E-state index contributed by atoms with van der Waals surface area (Å²) in [5.41, 5.74) is 1.50. The van der Waals surface area contributed by atoms with Gasteiger partial charge in [-0.25, -0.2) is 17.7 Å². The van der Waals surface area contributed by atoms with Crippen LogP contribution in [0, 0.1) is 12.3 Å². The summed E-state index contributed by atoms with van der Waals surface area (Å²) in [6.07, 6.45) is 10.2. The summed E-state index contributed by atoms with van der Waals surface area (Å²) < 4.78 is 27.8. The van der Waals surface area contributed by atoms with Crippen molar-refractivity contribution in [3.63, 3.8) is 0 Å². The molecule has 1 aliphatic rings. The number of rotatable bonds is 7. The lowest BCUT2D eigenvalue weighted by Gasteiger charge is -2.22. The van der Waals surface area contributed by atoms with Crippen LogP contribution in [0.1, 0.15) is 43.2 Å². The minimum Gasteiger partial charge on any atom is -0.228 e. The van der Waals surface area contributed by atoms with Crippen LogP contribution in [0.5, 0.6) is 0 Å². The molecule has 2 aromatic rings. The molecule has 1 unspecified atom stereocenters. The summed E-state index contributed by atoms with van der Waals surface area (Å²) in [7, 11) is -3.53. The second kappa shape index (κ2) is 8.39. The third-order valence-corrected chi connectivity index (χ3v) is 6.76. The first kappa shape index (κ1) is 18.5. The van der Waals surface area contributed by atoms with Gasteiger partial charge in [-0.1, -0.05) is 30.3 Å². The first-order valence-electron chi connectivity index (χ1n) is 8.80. The van der Waals surface area contributed by atoms with E-state index in [1.165, 1.54) is 0 Å². The molecule has 0 spiro atoms. The van der Waals surface area contributed by atoms with Crippen LogP contribution < -0.4 is 0 Å². The second-order valence-electron chi connectivity index (χ2n) is 6.30. The summed E-state index contributed by atoms with van der Waals surface area (Å²) in [5, 5.41) is 7.26. The van der Waals surface area contributed by atoms with Crippen molar-refractivity contribution in [3.05, 3.63) is 42.4 Å². The van der Waals surface area contributed by atoms with Gasteiger partial charge in [-0.2, -0.15) is 5.10 Å². The smallest absolute Gasteiger partial charge is 0.224 e. The zero-order chi connectivity index (χ0) is 18.4. The fourth-order valence-electron chi connectivity index (χ4n) is 3.13. The van der Waals surface area contributed by atoms with Gasteiger partial charge in [0.25, 0.3) is 0 Å². The lowest BCUT2D eigenvalue weighted by Crippen LogP contribution is -2.33. The van der Waals surface area contributed by atoms with E-state index in [1.807, 2.05) is 30.3 Å². The minimum atomic E-state index is -3.53. The van der Waals surface area contributed by atoms with Gasteiger partial charge in [0.05, 0.1) is 11.9 Å². The van der Waals surface area contributed by atoms with Gasteiger partial charge in [0.1, 0.15) is 5.25 Å².